The summed E-state index contributed by atoms with van der Waals surface area (Å²) in [7, 11) is 2.68. The van der Waals surface area contributed by atoms with E-state index in [2.05, 4.69) is 44.1 Å². The van der Waals surface area contributed by atoms with Gasteiger partial charge in [-0.3, -0.25) is 4.84 Å². The molecule has 0 spiro atoms. The summed E-state index contributed by atoms with van der Waals surface area (Å²) in [5.74, 6) is 0. The second kappa shape index (κ2) is 9.29. The summed E-state index contributed by atoms with van der Waals surface area (Å²) in [6, 6.07) is 0.515. The molecule has 0 aromatic rings. The van der Waals surface area contributed by atoms with E-state index in [0.717, 1.165) is 6.42 Å². The van der Waals surface area contributed by atoms with Crippen molar-refractivity contribution in [3.05, 3.63) is 11.4 Å². The second-order valence-corrected chi connectivity index (χ2v) is 9.05. The Morgan fingerprint density at radius 2 is 2.04 bits per heavy atom. The molecule has 0 aromatic carbocycles. The van der Waals surface area contributed by atoms with E-state index in [1.165, 1.54) is 0 Å². The lowest BCUT2D eigenvalue weighted by Gasteiger charge is -2.45. The van der Waals surface area contributed by atoms with E-state index in [-0.39, 0.29) is 35.9 Å². The molecule has 2 unspecified atom stereocenters. The Hall–Kier alpha value is -0.255. The number of likely N-dealkylation sites (N-methyl/N-ethyl adjacent to an activating group) is 1. The predicted octanol–water partition coefficient (Wildman–Crippen LogP) is 2.04. The molecule has 0 N–H and O–H groups in total. The lowest BCUT2D eigenvalue weighted by Crippen LogP contribution is -2.57. The van der Waals surface area contributed by atoms with E-state index in [1.807, 2.05) is 20.0 Å². The van der Waals surface area contributed by atoms with Crippen LogP contribution in [0.2, 0.25) is 0 Å². The summed E-state index contributed by atoms with van der Waals surface area (Å²) in [6.45, 7) is 19.1. The van der Waals surface area contributed by atoms with E-state index < -0.39 is 8.53 Å². The molecule has 0 aromatic heterocycles. The van der Waals surface area contributed by atoms with Gasteiger partial charge in [0, 0.05) is 19.1 Å². The number of ether oxygens (including phenoxy) is 1. The number of rotatable bonds is 9. The fraction of sp³-hybridized carbons (Fsp3) is 0.941. The molecule has 7 nitrogen and oxygen atoms in total. The molecule has 26 heavy (non-hydrogen) atoms. The van der Waals surface area contributed by atoms with Crippen molar-refractivity contribution in [2.75, 3.05) is 26.7 Å². The number of hydrogen-bond donors (Lipinski definition) is 0. The van der Waals surface area contributed by atoms with Crippen molar-refractivity contribution in [1.29, 1.82) is 0 Å². The van der Waals surface area contributed by atoms with E-state index in [0.29, 0.717) is 19.7 Å². The summed E-state index contributed by atoms with van der Waals surface area (Å²) < 4.78 is 21.3. The number of hydroxylamine groups is 2. The van der Waals surface area contributed by atoms with Gasteiger partial charge in [0.25, 0.3) is 8.53 Å². The van der Waals surface area contributed by atoms with Crippen LogP contribution in [0.1, 0.15) is 41.0 Å². The van der Waals surface area contributed by atoms with Crippen molar-refractivity contribution in [2.45, 2.75) is 76.9 Å². The van der Waals surface area contributed by atoms with E-state index >= 15 is 0 Å². The Morgan fingerprint density at radius 1 is 1.38 bits per heavy atom. The van der Waals surface area contributed by atoms with Crippen molar-refractivity contribution in [2.24, 2.45) is 0 Å². The normalized spacial score (nSPS) is 33.2. The Balaban J connectivity index is 2.24. The van der Waals surface area contributed by atoms with Crippen molar-refractivity contribution >= 4 is 16.4 Å². The summed E-state index contributed by atoms with van der Waals surface area (Å²) >= 11 is 0. The van der Waals surface area contributed by atoms with Gasteiger partial charge in [0.2, 0.25) is 6.54 Å². The van der Waals surface area contributed by atoms with Crippen LogP contribution in [0.15, 0.2) is 0 Å². The molecule has 0 saturated carbocycles. The van der Waals surface area contributed by atoms with E-state index in [1.54, 1.807) is 0 Å². The topological polar surface area (TPSA) is 47.8 Å². The fourth-order valence-electron chi connectivity index (χ4n) is 3.88. The molecule has 2 bridgehead atoms. The number of fused-ring (bicyclic) bond motifs is 2. The van der Waals surface area contributed by atoms with Crippen molar-refractivity contribution in [3.8, 4) is 0 Å². The number of nitrogens with zero attached hydrogens (tertiary/aromatic N) is 3. The Morgan fingerprint density at radius 3 is 2.58 bits per heavy atom. The van der Waals surface area contributed by atoms with Crippen LogP contribution in [0.25, 0.3) is 4.85 Å². The first-order valence-corrected chi connectivity index (χ1v) is 10.7. The smallest absolute Gasteiger partial charge is 0.259 e. The maximum absolute atomic E-state index is 7.01. The van der Waals surface area contributed by atoms with Gasteiger partial charge in [-0.15, -0.1) is 0 Å². The molecule has 2 rings (SSSR count). The monoisotopic (exact) mass is 385 g/mol. The van der Waals surface area contributed by atoms with Gasteiger partial charge in [-0.1, -0.05) is 6.92 Å². The average Bonchev–Trinajstić information content (AvgIpc) is 2.71. The third-order valence-electron chi connectivity index (χ3n) is 4.95. The van der Waals surface area contributed by atoms with Crippen LogP contribution in [-0.4, -0.2) is 80.2 Å². The lowest BCUT2D eigenvalue weighted by molar-refractivity contribution is -0.246. The standard InChI is InChI=1S/C17H33BN3O4P/c1-8-17-11-20(7)24-14(16(18)23-17)15(17)25-26(22-10-9-19-6)21(12(2)3)13(4)5/h12-16H,8-11,18H2,1-5,7H3/t14?,15-,16-,17+,26?/m1/s1. The molecular formula is C17H33BN3O4P. The molecule has 2 saturated heterocycles. The molecule has 5 atom stereocenters. The van der Waals surface area contributed by atoms with E-state index in [4.69, 9.17) is 25.2 Å². The number of hydrogen-bond acceptors (Lipinski definition) is 6. The molecule has 148 valence electrons. The molecule has 2 aliphatic heterocycles. The van der Waals surface area contributed by atoms with Gasteiger partial charge in [0.1, 0.15) is 32.3 Å². The molecular weight excluding hydrogens is 352 g/mol. The fourth-order valence-corrected chi connectivity index (χ4v) is 5.68. The second-order valence-electron chi connectivity index (χ2n) is 7.64. The minimum absolute atomic E-state index is 0.0310. The van der Waals surface area contributed by atoms with Crippen molar-refractivity contribution in [1.82, 2.24) is 9.73 Å². The van der Waals surface area contributed by atoms with Gasteiger partial charge in [-0.25, -0.2) is 11.2 Å². The summed E-state index contributed by atoms with van der Waals surface area (Å²) in [4.78, 5) is 9.43. The largest absolute Gasteiger partial charge is 0.374 e. The zero-order valence-corrected chi connectivity index (χ0v) is 18.0. The zero-order valence-electron chi connectivity index (χ0n) is 17.1. The quantitative estimate of drug-likeness (QED) is 0.262. The molecule has 0 radical (unpaired) electrons. The predicted molar refractivity (Wildman–Crippen MR) is 105 cm³/mol. The highest BCUT2D eigenvalue weighted by Crippen LogP contribution is 2.52. The van der Waals surface area contributed by atoms with Gasteiger partial charge in [0.15, 0.2) is 0 Å². The summed E-state index contributed by atoms with van der Waals surface area (Å²) in [5.41, 5.74) is -0.388. The zero-order chi connectivity index (χ0) is 19.5. The van der Waals surface area contributed by atoms with Crippen LogP contribution in [0.4, 0.5) is 0 Å². The maximum atomic E-state index is 7.01. The lowest BCUT2D eigenvalue weighted by atomic mass is 9.87. The highest BCUT2D eigenvalue weighted by atomic mass is 31.2. The summed E-state index contributed by atoms with van der Waals surface area (Å²) in [5, 5.41) is 1.86. The van der Waals surface area contributed by atoms with Gasteiger partial charge >= 0.3 is 0 Å². The van der Waals surface area contributed by atoms with Crippen LogP contribution < -0.4 is 0 Å². The molecule has 9 heteroatoms. The Bertz CT molecular complexity index is 495. The van der Waals surface area contributed by atoms with Crippen LogP contribution >= 0.6 is 8.53 Å². The van der Waals surface area contributed by atoms with Gasteiger partial charge in [-0.05, 0) is 34.1 Å². The van der Waals surface area contributed by atoms with Crippen LogP contribution in [0.5, 0.6) is 0 Å². The van der Waals surface area contributed by atoms with Crippen LogP contribution in [0.3, 0.4) is 0 Å². The minimum atomic E-state index is -1.31. The molecule has 2 heterocycles. The molecule has 0 aliphatic carbocycles. The SMILES string of the molecule is B[C@@H]1O[C@@]2(CC)CN(C)OC1[C@H]2OP(OCC[N+]#[C-])N(C(C)C)C(C)C. The van der Waals surface area contributed by atoms with Gasteiger partial charge in [-0.2, -0.15) is 5.06 Å². The molecule has 2 fully saturated rings. The highest BCUT2D eigenvalue weighted by molar-refractivity contribution is 7.44. The minimum Gasteiger partial charge on any atom is -0.374 e. The average molecular weight is 385 g/mol. The molecule has 2 aliphatic rings. The summed E-state index contributed by atoms with van der Waals surface area (Å²) in [6.07, 6.45) is 0.517. The Labute approximate surface area is 160 Å². The molecule has 0 amide bonds. The van der Waals surface area contributed by atoms with Crippen LogP contribution in [0, 0.1) is 6.57 Å². The van der Waals surface area contributed by atoms with Crippen molar-refractivity contribution < 1.29 is 18.6 Å². The third-order valence-corrected chi connectivity index (χ3v) is 7.06. The van der Waals surface area contributed by atoms with Crippen LogP contribution in [-0.2, 0) is 18.6 Å². The first kappa shape index (κ1) is 22.0. The van der Waals surface area contributed by atoms with Crippen molar-refractivity contribution in [3.63, 3.8) is 0 Å². The third kappa shape index (κ3) is 4.59. The maximum Gasteiger partial charge on any atom is 0.259 e. The van der Waals surface area contributed by atoms with E-state index in [9.17, 15) is 0 Å². The van der Waals surface area contributed by atoms with Gasteiger partial charge < -0.3 is 18.6 Å². The first-order valence-electron chi connectivity index (χ1n) is 9.52. The highest BCUT2D eigenvalue weighted by Gasteiger charge is 2.59. The van der Waals surface area contributed by atoms with Gasteiger partial charge in [0.05, 0.1) is 12.5 Å². The Kier molecular flexibility index (Phi) is 7.88. The first-order chi connectivity index (χ1) is 12.3.